The number of para-hydroxylation sites is 2. The molecule has 18 rings (SSSR count). The molecule has 0 radical (unpaired) electrons. The van der Waals surface area contributed by atoms with Gasteiger partial charge in [0.05, 0.1) is 55.9 Å². The van der Waals surface area contributed by atoms with E-state index in [1.165, 1.54) is 157 Å². The maximum atomic E-state index is 5.76. The SMILES string of the molecule is CCCCCc1c(CCCCC)c2c(-c3c4ccccc4cc4ccccc34)c3ccc(-c4cccc(-c5cccc(-c6ccc7c(-c8c9ccccc9cc9ccccc89)c8c(CCCCC)c(CCCCC)c9cc%10ccccc%10nc9n8c7c6)n5)n4)cc3n2c2nc3ccccc3cc12. The van der Waals surface area contributed by atoms with E-state index in [0.29, 0.717) is 0 Å². The maximum absolute atomic E-state index is 5.76. The highest BCUT2D eigenvalue weighted by Crippen LogP contribution is 2.51. The lowest BCUT2D eigenvalue weighted by molar-refractivity contribution is 0.697. The van der Waals surface area contributed by atoms with Gasteiger partial charge < -0.3 is 0 Å². The Hall–Kier alpha value is -11.1. The van der Waals surface area contributed by atoms with Crippen molar-refractivity contribution in [3.8, 4) is 56.2 Å². The Kier molecular flexibility index (Phi) is 16.6. The second kappa shape index (κ2) is 26.8. The Labute approximate surface area is 596 Å². The zero-order chi connectivity index (χ0) is 68.4. The summed E-state index contributed by atoms with van der Waals surface area (Å²) in [6, 6.07) is 90.3. The van der Waals surface area contributed by atoms with Crippen LogP contribution in [0.5, 0.6) is 0 Å². The molecule has 0 aliphatic rings. The maximum Gasteiger partial charge on any atom is 0.145 e. The highest BCUT2D eigenvalue weighted by Gasteiger charge is 2.29. The Morgan fingerprint density at radius 1 is 0.245 bits per heavy atom. The zero-order valence-electron chi connectivity index (χ0n) is 59.1. The standard InChI is InChI=1S/C96H84N6/c1-5-9-13-41-73-75(43-15-11-7-3)93-91(89-69-37-23-17-31-61(69)55-62-32-18-24-38-70(62)89)77-53-51-67(59-87(77)101(93)95-79(73)57-65-35-21-27-45-83(65)99-95)81-47-29-49-85(97-81)86-50-30-48-82(98-86)68-52-54-78-88(60-68)102-94(92(78)90-71-39-25-19-33-63(71)56-64-34-20-26-40-72(64)90)76(44-16-12-8-4)74(42-14-10-6-2)80-58-66-36-22-28-46-84(66)100-96(80)102/h17-40,45-60H,5-16,41-44H2,1-4H3. The number of hydrogen-bond acceptors (Lipinski definition) is 4. The fourth-order valence-corrected chi connectivity index (χ4v) is 17.4. The number of nitrogens with zero attached hydrogens (tertiary/aromatic N) is 6. The lowest BCUT2D eigenvalue weighted by Gasteiger charge is -2.20. The largest absolute Gasteiger partial charge is 0.293 e. The molecule has 0 spiro atoms. The van der Waals surface area contributed by atoms with Crippen molar-refractivity contribution in [3.63, 3.8) is 0 Å². The molecule has 0 amide bonds. The van der Waals surface area contributed by atoms with E-state index in [1.54, 1.807) is 0 Å². The van der Waals surface area contributed by atoms with Crippen LogP contribution in [-0.4, -0.2) is 28.7 Å². The summed E-state index contributed by atoms with van der Waals surface area (Å²) < 4.78 is 5.15. The van der Waals surface area contributed by atoms with Gasteiger partial charge in [-0.05, 0) is 190 Å². The van der Waals surface area contributed by atoms with Gasteiger partial charge >= 0.3 is 0 Å². The van der Waals surface area contributed by atoms with Crippen molar-refractivity contribution in [3.05, 3.63) is 265 Å². The summed E-state index contributed by atoms with van der Waals surface area (Å²) in [5.41, 5.74) is 25.3. The molecule has 0 N–H and O–H groups in total. The minimum atomic E-state index is 0.819. The van der Waals surface area contributed by atoms with Gasteiger partial charge in [-0.15, -0.1) is 0 Å². The van der Waals surface area contributed by atoms with Crippen LogP contribution in [0, 0.1) is 0 Å². The fraction of sp³-hybridized carbons (Fsp3) is 0.208. The molecule has 0 saturated heterocycles. The van der Waals surface area contributed by atoms with E-state index in [4.69, 9.17) is 19.9 Å². The zero-order valence-corrected chi connectivity index (χ0v) is 59.1. The average Bonchev–Trinajstić information content (AvgIpc) is 1.51. The van der Waals surface area contributed by atoms with Gasteiger partial charge in [0.25, 0.3) is 0 Å². The number of pyridine rings is 6. The van der Waals surface area contributed by atoms with Crippen molar-refractivity contribution in [2.45, 2.75) is 130 Å². The van der Waals surface area contributed by atoms with E-state index < -0.39 is 0 Å². The molecule has 498 valence electrons. The third-order valence-corrected chi connectivity index (χ3v) is 22.2. The van der Waals surface area contributed by atoms with Crippen molar-refractivity contribution in [1.29, 1.82) is 0 Å². The number of rotatable bonds is 21. The first-order valence-corrected chi connectivity index (χ1v) is 37.9. The van der Waals surface area contributed by atoms with Crippen LogP contribution >= 0.6 is 0 Å². The quantitative estimate of drug-likeness (QED) is 0.0531. The summed E-state index contributed by atoms with van der Waals surface area (Å²) in [6.45, 7) is 9.30. The number of hydrogen-bond donors (Lipinski definition) is 0. The molecule has 8 heterocycles. The van der Waals surface area contributed by atoms with Crippen LogP contribution in [0.4, 0.5) is 0 Å². The van der Waals surface area contributed by atoms with Gasteiger partial charge in [-0.3, -0.25) is 8.80 Å². The van der Waals surface area contributed by atoms with Crippen molar-refractivity contribution < 1.29 is 0 Å². The molecule has 0 aliphatic heterocycles. The van der Waals surface area contributed by atoms with E-state index >= 15 is 0 Å². The first kappa shape index (κ1) is 63.1. The third kappa shape index (κ3) is 10.7. The summed E-state index contributed by atoms with van der Waals surface area (Å²) in [4.78, 5) is 22.8. The molecule has 8 aromatic heterocycles. The Balaban J connectivity index is 0.845. The average molecular weight is 1320 g/mol. The van der Waals surface area contributed by atoms with Gasteiger partial charge in [-0.1, -0.05) is 249 Å². The van der Waals surface area contributed by atoms with Crippen molar-refractivity contribution in [2.75, 3.05) is 0 Å². The van der Waals surface area contributed by atoms with Gasteiger partial charge in [0.1, 0.15) is 11.3 Å². The fourth-order valence-electron chi connectivity index (χ4n) is 17.4. The second-order valence-corrected chi connectivity index (χ2v) is 28.6. The first-order valence-electron chi connectivity index (χ1n) is 37.9. The summed E-state index contributed by atoms with van der Waals surface area (Å²) in [5.74, 6) is 0. The Morgan fingerprint density at radius 2 is 0.578 bits per heavy atom. The molecule has 0 unspecified atom stereocenters. The number of unbranched alkanes of at least 4 members (excludes halogenated alkanes) is 8. The lowest BCUT2D eigenvalue weighted by Crippen LogP contribution is -2.05. The van der Waals surface area contributed by atoms with E-state index in [2.05, 4.69) is 279 Å². The molecule has 0 saturated carbocycles. The van der Waals surface area contributed by atoms with E-state index in [1.807, 2.05) is 0 Å². The third-order valence-electron chi connectivity index (χ3n) is 22.2. The van der Waals surface area contributed by atoms with Crippen LogP contribution in [0.2, 0.25) is 0 Å². The predicted octanol–water partition coefficient (Wildman–Crippen LogP) is 26.6. The van der Waals surface area contributed by atoms with E-state index in [0.717, 1.165) is 144 Å². The first-order chi connectivity index (χ1) is 50.5. The van der Waals surface area contributed by atoms with Gasteiger partial charge in [0, 0.05) is 65.7 Å². The van der Waals surface area contributed by atoms with Gasteiger partial charge in [0.15, 0.2) is 0 Å². The van der Waals surface area contributed by atoms with Crippen LogP contribution in [-0.2, 0) is 25.7 Å². The molecule has 6 heteroatoms. The summed E-state index contributed by atoms with van der Waals surface area (Å²) in [5, 5.41) is 17.3. The highest BCUT2D eigenvalue weighted by atomic mass is 15.0. The monoisotopic (exact) mass is 1320 g/mol. The van der Waals surface area contributed by atoms with Crippen LogP contribution in [0.3, 0.4) is 0 Å². The topological polar surface area (TPSA) is 60.4 Å². The molecule has 10 aromatic carbocycles. The molecular weight excluding hydrogens is 1240 g/mol. The Bertz CT molecular complexity index is 5850. The summed E-state index contributed by atoms with van der Waals surface area (Å²) >= 11 is 0. The van der Waals surface area contributed by atoms with Crippen LogP contribution < -0.4 is 0 Å². The van der Waals surface area contributed by atoms with Crippen LogP contribution in [0.15, 0.2) is 243 Å². The molecule has 0 aliphatic carbocycles. The summed E-state index contributed by atoms with van der Waals surface area (Å²) in [7, 11) is 0. The van der Waals surface area contributed by atoms with Gasteiger partial charge in [-0.25, -0.2) is 19.9 Å². The molecule has 6 nitrogen and oxygen atoms in total. The highest BCUT2D eigenvalue weighted by molar-refractivity contribution is 6.24. The van der Waals surface area contributed by atoms with Gasteiger partial charge in [-0.2, -0.15) is 0 Å². The molecule has 0 bridgehead atoms. The summed E-state index contributed by atoms with van der Waals surface area (Å²) in [6.07, 6.45) is 17.8. The number of benzene rings is 10. The number of aromatic nitrogens is 6. The van der Waals surface area contributed by atoms with Crippen molar-refractivity contribution in [2.24, 2.45) is 0 Å². The minimum absolute atomic E-state index is 0.819. The number of fused-ring (bicyclic) bond motifs is 16. The second-order valence-electron chi connectivity index (χ2n) is 28.6. The number of aryl methyl sites for hydroxylation is 4. The minimum Gasteiger partial charge on any atom is -0.293 e. The molecule has 18 aromatic rings. The normalized spacial score (nSPS) is 12.2. The molecule has 0 fully saturated rings. The lowest BCUT2D eigenvalue weighted by atomic mass is 9.87. The van der Waals surface area contributed by atoms with Crippen LogP contribution in [0.1, 0.15) is 127 Å². The van der Waals surface area contributed by atoms with Crippen molar-refractivity contribution >= 4 is 120 Å². The molecule has 102 heavy (non-hydrogen) atoms. The van der Waals surface area contributed by atoms with E-state index in [9.17, 15) is 0 Å². The molecule has 0 atom stereocenters. The predicted molar refractivity (Wildman–Crippen MR) is 435 cm³/mol. The smallest absolute Gasteiger partial charge is 0.145 e. The van der Waals surface area contributed by atoms with Gasteiger partial charge in [0.2, 0.25) is 0 Å². The van der Waals surface area contributed by atoms with Crippen LogP contribution in [0.25, 0.3) is 176 Å². The van der Waals surface area contributed by atoms with E-state index in [-0.39, 0.29) is 0 Å². The Morgan fingerprint density at radius 3 is 0.951 bits per heavy atom. The van der Waals surface area contributed by atoms with Crippen molar-refractivity contribution in [1.82, 2.24) is 28.7 Å². The molecular formula is C96H84N6.